The summed E-state index contributed by atoms with van der Waals surface area (Å²) in [6.45, 7) is 0.525. The number of nitrogens with zero attached hydrogens (tertiary/aromatic N) is 2. The molecule has 0 spiro atoms. The van der Waals surface area contributed by atoms with Crippen LogP contribution in [0.25, 0.3) is 17.0 Å². The van der Waals surface area contributed by atoms with Crippen LogP contribution < -0.4 is 4.74 Å². The molecule has 0 aliphatic carbocycles. The van der Waals surface area contributed by atoms with Crippen LogP contribution in [0.3, 0.4) is 0 Å². The number of rotatable bonds is 5. The fraction of sp³-hybridized carbons (Fsp3) is 0.143. The first-order chi connectivity index (χ1) is 12.2. The summed E-state index contributed by atoms with van der Waals surface area (Å²) >= 11 is 0. The van der Waals surface area contributed by atoms with Crippen LogP contribution in [0.1, 0.15) is 11.1 Å². The lowest BCUT2D eigenvalue weighted by atomic mass is 10.1. The van der Waals surface area contributed by atoms with Gasteiger partial charge in [-0.2, -0.15) is 0 Å². The lowest BCUT2D eigenvalue weighted by Gasteiger charge is -2.15. The lowest BCUT2D eigenvalue weighted by molar-refractivity contribution is -0.125. The monoisotopic (exact) mass is 332 g/mol. The Bertz CT molecular complexity index is 913. The number of benzene rings is 2. The quantitative estimate of drug-likeness (QED) is 0.665. The Balaban J connectivity index is 1.73. The van der Waals surface area contributed by atoms with Crippen LogP contribution in [0.15, 0.2) is 66.9 Å². The zero-order valence-electron chi connectivity index (χ0n) is 14.3. The van der Waals surface area contributed by atoms with Gasteiger partial charge < -0.3 is 9.64 Å². The fourth-order valence-electron chi connectivity index (χ4n) is 2.67. The van der Waals surface area contributed by atoms with Gasteiger partial charge in [0, 0.05) is 31.3 Å². The van der Waals surface area contributed by atoms with Gasteiger partial charge in [0.15, 0.2) is 0 Å². The highest BCUT2D eigenvalue weighted by Crippen LogP contribution is 2.18. The normalized spacial score (nSPS) is 11.0. The first-order valence-corrected chi connectivity index (χ1v) is 8.07. The van der Waals surface area contributed by atoms with E-state index < -0.39 is 0 Å². The van der Waals surface area contributed by atoms with Crippen molar-refractivity contribution in [3.63, 3.8) is 0 Å². The Morgan fingerprint density at radius 1 is 1.16 bits per heavy atom. The average molecular weight is 332 g/mol. The van der Waals surface area contributed by atoms with Gasteiger partial charge in [0.25, 0.3) is 0 Å². The largest absolute Gasteiger partial charge is 0.497 e. The van der Waals surface area contributed by atoms with E-state index in [0.29, 0.717) is 6.54 Å². The molecular weight excluding hydrogens is 312 g/mol. The number of likely N-dealkylation sites (N-methyl/N-ethyl adjacent to an activating group) is 1. The second kappa shape index (κ2) is 7.62. The molecule has 25 heavy (non-hydrogen) atoms. The highest BCUT2D eigenvalue weighted by Gasteiger charge is 2.07. The molecule has 0 fully saturated rings. The lowest BCUT2D eigenvalue weighted by Crippen LogP contribution is -2.24. The second-order valence-corrected chi connectivity index (χ2v) is 5.80. The molecule has 0 bridgehead atoms. The molecule has 1 heterocycles. The third-order valence-corrected chi connectivity index (χ3v) is 4.02. The molecule has 1 amide bonds. The summed E-state index contributed by atoms with van der Waals surface area (Å²) < 4.78 is 5.22. The van der Waals surface area contributed by atoms with Crippen molar-refractivity contribution in [2.24, 2.45) is 0 Å². The fourth-order valence-corrected chi connectivity index (χ4v) is 2.67. The summed E-state index contributed by atoms with van der Waals surface area (Å²) in [4.78, 5) is 18.4. The molecule has 0 unspecified atom stereocenters. The van der Waals surface area contributed by atoms with Gasteiger partial charge in [-0.15, -0.1) is 0 Å². The third kappa shape index (κ3) is 4.04. The number of pyridine rings is 1. The first-order valence-electron chi connectivity index (χ1n) is 8.07. The molecule has 0 saturated carbocycles. The van der Waals surface area contributed by atoms with Gasteiger partial charge in [0.05, 0.1) is 12.6 Å². The van der Waals surface area contributed by atoms with E-state index in [0.717, 1.165) is 27.8 Å². The van der Waals surface area contributed by atoms with Crippen molar-refractivity contribution in [1.82, 2.24) is 9.88 Å². The number of hydrogen-bond acceptors (Lipinski definition) is 3. The minimum absolute atomic E-state index is 0.0521. The number of methoxy groups -OCH3 is 1. The van der Waals surface area contributed by atoms with Crippen molar-refractivity contribution in [2.45, 2.75) is 6.54 Å². The van der Waals surface area contributed by atoms with E-state index in [1.165, 1.54) is 0 Å². The van der Waals surface area contributed by atoms with E-state index in [1.54, 1.807) is 31.3 Å². The van der Waals surface area contributed by atoms with Gasteiger partial charge in [-0.3, -0.25) is 9.78 Å². The molecule has 0 aliphatic rings. The predicted octanol–water partition coefficient (Wildman–Crippen LogP) is 3.92. The molecule has 0 saturated heterocycles. The molecule has 0 atom stereocenters. The molecule has 0 aliphatic heterocycles. The predicted molar refractivity (Wildman–Crippen MR) is 100 cm³/mol. The van der Waals surface area contributed by atoms with Gasteiger partial charge >= 0.3 is 0 Å². The van der Waals surface area contributed by atoms with Crippen LogP contribution >= 0.6 is 0 Å². The standard InChI is InChI=1S/C21H20N2O2/c1-23(15-16-6-5-7-18(14-16)25-2)21(24)11-10-17-12-13-22-20-9-4-3-8-19(17)20/h3-14H,15H2,1-2H3/b11-10+. The molecule has 126 valence electrons. The summed E-state index contributed by atoms with van der Waals surface area (Å²) in [5, 5.41) is 1.03. The summed E-state index contributed by atoms with van der Waals surface area (Å²) in [5.74, 6) is 0.737. The minimum atomic E-state index is -0.0521. The number of aromatic nitrogens is 1. The second-order valence-electron chi connectivity index (χ2n) is 5.80. The zero-order chi connectivity index (χ0) is 17.6. The van der Waals surface area contributed by atoms with E-state index in [4.69, 9.17) is 4.74 Å². The topological polar surface area (TPSA) is 42.4 Å². The Morgan fingerprint density at radius 2 is 2.00 bits per heavy atom. The Hall–Kier alpha value is -3.14. The maximum atomic E-state index is 12.4. The van der Waals surface area contributed by atoms with Crippen LogP contribution in [-0.2, 0) is 11.3 Å². The molecular formula is C21H20N2O2. The molecule has 3 rings (SSSR count). The SMILES string of the molecule is COc1cccc(CN(C)C(=O)/C=C/c2ccnc3ccccc23)c1. The molecule has 4 nitrogen and oxygen atoms in total. The number of carbonyl (C=O) groups excluding carboxylic acids is 1. The van der Waals surface area contributed by atoms with Crippen molar-refractivity contribution < 1.29 is 9.53 Å². The number of fused-ring (bicyclic) bond motifs is 1. The van der Waals surface area contributed by atoms with E-state index >= 15 is 0 Å². The summed E-state index contributed by atoms with van der Waals surface area (Å²) in [5.41, 5.74) is 2.92. The number of ether oxygens (including phenoxy) is 1. The van der Waals surface area contributed by atoms with Crippen LogP contribution in [0.5, 0.6) is 5.75 Å². The smallest absolute Gasteiger partial charge is 0.246 e. The Labute approximate surface area is 147 Å². The van der Waals surface area contributed by atoms with Gasteiger partial charge in [-0.25, -0.2) is 0 Å². The molecule has 2 aromatic carbocycles. The van der Waals surface area contributed by atoms with Crippen molar-refractivity contribution in [3.8, 4) is 5.75 Å². The minimum Gasteiger partial charge on any atom is -0.497 e. The Kier molecular flexibility index (Phi) is 5.09. The van der Waals surface area contributed by atoms with Gasteiger partial charge in [0.2, 0.25) is 5.91 Å². The molecule has 0 radical (unpaired) electrons. The van der Waals surface area contributed by atoms with E-state index in [-0.39, 0.29) is 5.91 Å². The summed E-state index contributed by atoms with van der Waals surface area (Å²) in [6, 6.07) is 17.5. The summed E-state index contributed by atoms with van der Waals surface area (Å²) in [7, 11) is 3.42. The number of hydrogen-bond donors (Lipinski definition) is 0. The number of carbonyl (C=O) groups is 1. The van der Waals surface area contributed by atoms with Crippen molar-refractivity contribution in [2.75, 3.05) is 14.2 Å². The third-order valence-electron chi connectivity index (χ3n) is 4.02. The van der Waals surface area contributed by atoms with Crippen molar-refractivity contribution in [1.29, 1.82) is 0 Å². The molecule has 0 N–H and O–H groups in total. The van der Waals surface area contributed by atoms with Crippen LogP contribution in [-0.4, -0.2) is 29.9 Å². The van der Waals surface area contributed by atoms with E-state index in [9.17, 15) is 4.79 Å². The van der Waals surface area contributed by atoms with Gasteiger partial charge in [-0.05, 0) is 41.5 Å². The zero-order valence-corrected chi connectivity index (χ0v) is 14.3. The number of para-hydroxylation sites is 1. The van der Waals surface area contributed by atoms with E-state index in [1.807, 2.05) is 60.7 Å². The van der Waals surface area contributed by atoms with Crippen LogP contribution in [0, 0.1) is 0 Å². The van der Waals surface area contributed by atoms with Gasteiger partial charge in [0.1, 0.15) is 5.75 Å². The van der Waals surface area contributed by atoms with Crippen molar-refractivity contribution >= 4 is 22.9 Å². The highest BCUT2D eigenvalue weighted by atomic mass is 16.5. The average Bonchev–Trinajstić information content (AvgIpc) is 2.66. The number of amides is 1. The Morgan fingerprint density at radius 3 is 2.84 bits per heavy atom. The van der Waals surface area contributed by atoms with Gasteiger partial charge in [-0.1, -0.05) is 30.3 Å². The van der Waals surface area contributed by atoms with Crippen LogP contribution in [0.2, 0.25) is 0 Å². The van der Waals surface area contributed by atoms with E-state index in [2.05, 4.69) is 4.98 Å². The molecule has 1 aromatic heterocycles. The highest BCUT2D eigenvalue weighted by molar-refractivity contribution is 5.95. The first kappa shape index (κ1) is 16.7. The van der Waals surface area contributed by atoms with Crippen LogP contribution in [0.4, 0.5) is 0 Å². The maximum Gasteiger partial charge on any atom is 0.246 e. The maximum absolute atomic E-state index is 12.4. The summed E-state index contributed by atoms with van der Waals surface area (Å²) in [6.07, 6.45) is 5.20. The molecule has 3 aromatic rings. The molecule has 4 heteroatoms. The van der Waals surface area contributed by atoms with Crippen molar-refractivity contribution in [3.05, 3.63) is 78.0 Å².